The average molecular weight is 224 g/mol. The molecule has 2 heteroatoms. The summed E-state index contributed by atoms with van der Waals surface area (Å²) in [5.74, 6) is 0.531. The van der Waals surface area contributed by atoms with Crippen LogP contribution in [0.5, 0.6) is 0 Å². The van der Waals surface area contributed by atoms with Crippen molar-refractivity contribution in [3.05, 3.63) is 28.3 Å². The molecular formula is C13H18ClN. The zero-order valence-corrected chi connectivity index (χ0v) is 10.6. The van der Waals surface area contributed by atoms with Crippen molar-refractivity contribution in [2.45, 2.75) is 45.6 Å². The van der Waals surface area contributed by atoms with Gasteiger partial charge in [0.25, 0.3) is 0 Å². The molecule has 1 aromatic carbocycles. The van der Waals surface area contributed by atoms with Crippen molar-refractivity contribution in [3.8, 4) is 0 Å². The Bertz CT molecular complexity index is 396. The summed E-state index contributed by atoms with van der Waals surface area (Å²) < 4.78 is 0. The van der Waals surface area contributed by atoms with Gasteiger partial charge in [0.1, 0.15) is 0 Å². The molecule has 0 radical (unpaired) electrons. The lowest BCUT2D eigenvalue weighted by molar-refractivity contribution is 0.453. The molecule has 1 N–H and O–H groups in total. The van der Waals surface area contributed by atoms with E-state index in [4.69, 9.17) is 11.6 Å². The first kappa shape index (κ1) is 10.8. The van der Waals surface area contributed by atoms with Crippen molar-refractivity contribution in [3.63, 3.8) is 0 Å². The van der Waals surface area contributed by atoms with Gasteiger partial charge in [-0.05, 0) is 50.3 Å². The van der Waals surface area contributed by atoms with Gasteiger partial charge in [-0.1, -0.05) is 24.6 Å². The van der Waals surface area contributed by atoms with Crippen molar-refractivity contribution in [2.75, 3.05) is 5.32 Å². The maximum Gasteiger partial charge on any atom is 0.0461 e. The maximum absolute atomic E-state index is 6.26. The topological polar surface area (TPSA) is 12.0 Å². The number of nitrogens with one attached hydrogen (secondary N) is 1. The molecule has 0 aliphatic carbocycles. The van der Waals surface area contributed by atoms with Crippen molar-refractivity contribution >= 4 is 17.3 Å². The second-order valence-electron chi connectivity index (χ2n) is 5.27. The van der Waals surface area contributed by atoms with Crippen molar-refractivity contribution < 1.29 is 0 Å². The predicted molar refractivity (Wildman–Crippen MR) is 66.9 cm³/mol. The van der Waals surface area contributed by atoms with Crippen molar-refractivity contribution in [1.82, 2.24) is 0 Å². The Morgan fingerprint density at radius 3 is 2.73 bits per heavy atom. The van der Waals surface area contributed by atoms with E-state index in [1.54, 1.807) is 0 Å². The SMILES string of the molecule is Cc1ccc(Cl)c2c1NC(C)(C)C[C@H]2C. The Morgan fingerprint density at radius 1 is 1.40 bits per heavy atom. The monoisotopic (exact) mass is 223 g/mol. The van der Waals surface area contributed by atoms with Gasteiger partial charge in [-0.25, -0.2) is 0 Å². The molecule has 0 unspecified atom stereocenters. The van der Waals surface area contributed by atoms with Crippen LogP contribution in [0.3, 0.4) is 0 Å². The summed E-state index contributed by atoms with van der Waals surface area (Å²) in [5.41, 5.74) is 3.98. The second-order valence-corrected chi connectivity index (χ2v) is 5.67. The summed E-state index contributed by atoms with van der Waals surface area (Å²) in [6, 6.07) is 4.09. The molecule has 15 heavy (non-hydrogen) atoms. The number of fused-ring (bicyclic) bond motifs is 1. The number of benzene rings is 1. The standard InChI is InChI=1S/C13H18ClN/c1-8-5-6-10(14)11-9(2)7-13(3,4)15-12(8)11/h5-6,9,15H,7H2,1-4H3/t9-/m1/s1. The molecule has 1 heterocycles. The van der Waals surface area contributed by atoms with Crippen LogP contribution in [0.15, 0.2) is 12.1 Å². The molecule has 1 aliphatic rings. The second kappa shape index (κ2) is 3.41. The van der Waals surface area contributed by atoms with E-state index in [9.17, 15) is 0 Å². The van der Waals surface area contributed by atoms with Crippen LogP contribution in [-0.4, -0.2) is 5.54 Å². The van der Waals surface area contributed by atoms with Gasteiger partial charge in [-0.3, -0.25) is 0 Å². The Hall–Kier alpha value is -0.690. The van der Waals surface area contributed by atoms with E-state index in [1.807, 2.05) is 6.07 Å². The molecule has 0 bridgehead atoms. The summed E-state index contributed by atoms with van der Waals surface area (Å²) in [6.07, 6.45) is 1.13. The van der Waals surface area contributed by atoms with E-state index in [1.165, 1.54) is 16.8 Å². The number of rotatable bonds is 0. The van der Waals surface area contributed by atoms with Crippen LogP contribution in [0, 0.1) is 6.92 Å². The van der Waals surface area contributed by atoms with E-state index >= 15 is 0 Å². The molecule has 0 saturated heterocycles. The van der Waals surface area contributed by atoms with Crippen molar-refractivity contribution in [2.24, 2.45) is 0 Å². The molecule has 0 fully saturated rings. The highest BCUT2D eigenvalue weighted by molar-refractivity contribution is 6.32. The Labute approximate surface area is 96.8 Å². The molecule has 2 rings (SSSR count). The molecule has 0 amide bonds. The molecule has 0 aromatic heterocycles. The number of hydrogen-bond donors (Lipinski definition) is 1. The van der Waals surface area contributed by atoms with Gasteiger partial charge in [0.15, 0.2) is 0 Å². The summed E-state index contributed by atoms with van der Waals surface area (Å²) >= 11 is 6.26. The third kappa shape index (κ3) is 1.85. The minimum atomic E-state index is 0.169. The third-order valence-electron chi connectivity index (χ3n) is 3.17. The van der Waals surface area contributed by atoms with Crippen LogP contribution < -0.4 is 5.32 Å². The van der Waals surface area contributed by atoms with Crippen LogP contribution in [0.25, 0.3) is 0 Å². The lowest BCUT2D eigenvalue weighted by Gasteiger charge is -2.38. The molecule has 82 valence electrons. The van der Waals surface area contributed by atoms with Gasteiger partial charge in [-0.2, -0.15) is 0 Å². The number of aryl methyl sites for hydroxylation is 1. The first-order chi connectivity index (χ1) is 6.91. The number of halogens is 1. The zero-order valence-electron chi connectivity index (χ0n) is 9.82. The van der Waals surface area contributed by atoms with Crippen LogP contribution in [0.4, 0.5) is 5.69 Å². The van der Waals surface area contributed by atoms with Gasteiger partial charge < -0.3 is 5.32 Å². The van der Waals surface area contributed by atoms with Gasteiger partial charge in [-0.15, -0.1) is 0 Å². The fourth-order valence-electron chi connectivity index (χ4n) is 2.61. The highest BCUT2D eigenvalue weighted by Gasteiger charge is 2.31. The summed E-state index contributed by atoms with van der Waals surface area (Å²) in [4.78, 5) is 0. The van der Waals surface area contributed by atoms with Gasteiger partial charge in [0, 0.05) is 16.2 Å². The Morgan fingerprint density at radius 2 is 2.07 bits per heavy atom. The lowest BCUT2D eigenvalue weighted by atomic mass is 9.81. The van der Waals surface area contributed by atoms with Crippen LogP contribution >= 0.6 is 11.6 Å². The normalized spacial score (nSPS) is 23.1. The van der Waals surface area contributed by atoms with E-state index < -0.39 is 0 Å². The first-order valence-electron chi connectivity index (χ1n) is 5.48. The number of hydrogen-bond acceptors (Lipinski definition) is 1. The summed E-state index contributed by atoms with van der Waals surface area (Å²) in [7, 11) is 0. The highest BCUT2D eigenvalue weighted by atomic mass is 35.5. The Balaban J connectivity index is 2.59. The van der Waals surface area contributed by atoms with E-state index in [-0.39, 0.29) is 5.54 Å². The molecule has 0 spiro atoms. The Kier molecular flexibility index (Phi) is 2.46. The van der Waals surface area contributed by atoms with Crippen LogP contribution in [0.2, 0.25) is 5.02 Å². The predicted octanol–water partition coefficient (Wildman–Crippen LogP) is 4.35. The van der Waals surface area contributed by atoms with Gasteiger partial charge in [0.2, 0.25) is 0 Å². The third-order valence-corrected chi connectivity index (χ3v) is 3.50. The quantitative estimate of drug-likeness (QED) is 0.690. The largest absolute Gasteiger partial charge is 0.380 e. The molecule has 1 atom stereocenters. The minimum absolute atomic E-state index is 0.169. The molecule has 0 saturated carbocycles. The average Bonchev–Trinajstić information content (AvgIpc) is 2.09. The first-order valence-corrected chi connectivity index (χ1v) is 5.86. The maximum atomic E-state index is 6.26. The molecule has 1 aromatic rings. The van der Waals surface area contributed by atoms with Gasteiger partial charge >= 0.3 is 0 Å². The zero-order chi connectivity index (χ0) is 11.2. The fraction of sp³-hybridized carbons (Fsp3) is 0.538. The summed E-state index contributed by atoms with van der Waals surface area (Å²) in [6.45, 7) is 8.88. The van der Waals surface area contributed by atoms with Crippen LogP contribution in [-0.2, 0) is 0 Å². The minimum Gasteiger partial charge on any atom is -0.380 e. The highest BCUT2D eigenvalue weighted by Crippen LogP contribution is 2.43. The number of anilines is 1. The fourth-order valence-corrected chi connectivity index (χ4v) is 2.95. The summed E-state index contributed by atoms with van der Waals surface area (Å²) in [5, 5.41) is 4.49. The smallest absolute Gasteiger partial charge is 0.0461 e. The lowest BCUT2D eigenvalue weighted by Crippen LogP contribution is -2.37. The van der Waals surface area contributed by atoms with E-state index in [0.717, 1.165) is 11.4 Å². The van der Waals surface area contributed by atoms with Crippen LogP contribution in [0.1, 0.15) is 44.2 Å². The van der Waals surface area contributed by atoms with Crippen molar-refractivity contribution in [1.29, 1.82) is 0 Å². The molecular weight excluding hydrogens is 206 g/mol. The molecule has 1 aliphatic heterocycles. The van der Waals surface area contributed by atoms with E-state index in [0.29, 0.717) is 5.92 Å². The van der Waals surface area contributed by atoms with E-state index in [2.05, 4.69) is 39.1 Å². The molecule has 1 nitrogen and oxygen atoms in total. The van der Waals surface area contributed by atoms with Gasteiger partial charge in [0.05, 0.1) is 0 Å².